The SMILES string of the molecule is Cc1ccc(Nc2nccc(C(=O)NCc3ccco3)n2)cc1Br. The standard InChI is InChI=1S/C17H15BrN4O2/c1-11-4-5-12(9-14(11)18)21-17-19-7-6-15(22-17)16(23)20-10-13-3-2-8-24-13/h2-9H,10H2,1H3,(H,20,23)(H,19,21,22). The van der Waals surface area contributed by atoms with Crippen LogP contribution in [0.25, 0.3) is 0 Å². The Balaban J connectivity index is 1.68. The highest BCUT2D eigenvalue weighted by molar-refractivity contribution is 9.10. The highest BCUT2D eigenvalue weighted by Gasteiger charge is 2.09. The summed E-state index contributed by atoms with van der Waals surface area (Å²) < 4.78 is 6.17. The molecule has 1 amide bonds. The van der Waals surface area contributed by atoms with Crippen molar-refractivity contribution in [3.8, 4) is 0 Å². The van der Waals surface area contributed by atoms with Gasteiger partial charge in [0.2, 0.25) is 5.95 Å². The molecule has 2 aromatic heterocycles. The lowest BCUT2D eigenvalue weighted by Crippen LogP contribution is -2.23. The third kappa shape index (κ3) is 3.99. The number of nitrogens with one attached hydrogen (secondary N) is 2. The smallest absolute Gasteiger partial charge is 0.270 e. The number of nitrogens with zero attached hydrogens (tertiary/aromatic N) is 2. The Morgan fingerprint density at radius 2 is 2.17 bits per heavy atom. The third-order valence-corrected chi connectivity index (χ3v) is 4.17. The average molecular weight is 387 g/mol. The molecule has 0 aliphatic rings. The first kappa shape index (κ1) is 16.2. The van der Waals surface area contributed by atoms with E-state index in [9.17, 15) is 4.79 Å². The van der Waals surface area contributed by atoms with E-state index in [0.29, 0.717) is 18.3 Å². The molecule has 24 heavy (non-hydrogen) atoms. The maximum atomic E-state index is 12.2. The van der Waals surface area contributed by atoms with E-state index in [0.717, 1.165) is 15.7 Å². The van der Waals surface area contributed by atoms with Gasteiger partial charge < -0.3 is 15.1 Å². The molecule has 122 valence electrons. The molecule has 6 nitrogen and oxygen atoms in total. The van der Waals surface area contributed by atoms with Gasteiger partial charge in [0, 0.05) is 16.4 Å². The zero-order chi connectivity index (χ0) is 16.9. The number of benzene rings is 1. The van der Waals surface area contributed by atoms with Crippen molar-refractivity contribution in [2.45, 2.75) is 13.5 Å². The first-order valence-corrected chi connectivity index (χ1v) is 8.08. The number of aromatic nitrogens is 2. The van der Waals surface area contributed by atoms with E-state index in [1.165, 1.54) is 0 Å². The van der Waals surface area contributed by atoms with Crippen molar-refractivity contribution in [1.82, 2.24) is 15.3 Å². The second-order valence-corrected chi connectivity index (χ2v) is 5.97. The van der Waals surface area contributed by atoms with E-state index in [4.69, 9.17) is 4.42 Å². The molecule has 0 bridgehead atoms. The summed E-state index contributed by atoms with van der Waals surface area (Å²) in [6.45, 7) is 2.32. The van der Waals surface area contributed by atoms with Gasteiger partial charge in [-0.05, 0) is 42.8 Å². The Hall–Kier alpha value is -2.67. The van der Waals surface area contributed by atoms with Crippen LogP contribution in [0.15, 0.2) is 57.7 Å². The predicted octanol–water partition coefficient (Wildman–Crippen LogP) is 3.81. The van der Waals surface area contributed by atoms with Gasteiger partial charge in [-0.1, -0.05) is 22.0 Å². The largest absolute Gasteiger partial charge is 0.467 e. The van der Waals surface area contributed by atoms with Crippen molar-refractivity contribution in [2.24, 2.45) is 0 Å². The Morgan fingerprint density at radius 1 is 1.29 bits per heavy atom. The number of rotatable bonds is 5. The minimum Gasteiger partial charge on any atom is -0.467 e. The Kier molecular flexibility index (Phi) is 4.90. The molecule has 2 N–H and O–H groups in total. The van der Waals surface area contributed by atoms with E-state index >= 15 is 0 Å². The van der Waals surface area contributed by atoms with Crippen LogP contribution in [-0.2, 0) is 6.54 Å². The highest BCUT2D eigenvalue weighted by Crippen LogP contribution is 2.22. The molecular weight excluding hydrogens is 372 g/mol. The molecule has 0 atom stereocenters. The summed E-state index contributed by atoms with van der Waals surface area (Å²) in [5, 5.41) is 5.84. The van der Waals surface area contributed by atoms with Gasteiger partial charge in [-0.3, -0.25) is 4.79 Å². The number of amides is 1. The molecule has 2 heterocycles. The van der Waals surface area contributed by atoms with E-state index in [1.807, 2.05) is 25.1 Å². The van der Waals surface area contributed by atoms with Gasteiger partial charge in [0.1, 0.15) is 11.5 Å². The van der Waals surface area contributed by atoms with E-state index in [1.54, 1.807) is 30.7 Å². The second-order valence-electron chi connectivity index (χ2n) is 5.12. The molecule has 0 aliphatic carbocycles. The van der Waals surface area contributed by atoms with Crippen molar-refractivity contribution in [1.29, 1.82) is 0 Å². The van der Waals surface area contributed by atoms with Gasteiger partial charge in [0.15, 0.2) is 0 Å². The highest BCUT2D eigenvalue weighted by atomic mass is 79.9. The lowest BCUT2D eigenvalue weighted by molar-refractivity contribution is 0.0943. The first-order valence-electron chi connectivity index (χ1n) is 7.28. The summed E-state index contributed by atoms with van der Waals surface area (Å²) in [4.78, 5) is 20.5. The van der Waals surface area contributed by atoms with E-state index in [-0.39, 0.29) is 11.6 Å². The van der Waals surface area contributed by atoms with Crippen LogP contribution in [0, 0.1) is 6.92 Å². The molecule has 0 radical (unpaired) electrons. The van der Waals surface area contributed by atoms with Crippen LogP contribution in [0.4, 0.5) is 11.6 Å². The number of hydrogen-bond donors (Lipinski definition) is 2. The minimum atomic E-state index is -0.290. The Morgan fingerprint density at radius 3 is 2.92 bits per heavy atom. The lowest BCUT2D eigenvalue weighted by atomic mass is 10.2. The fourth-order valence-electron chi connectivity index (χ4n) is 2.02. The number of anilines is 2. The van der Waals surface area contributed by atoms with Crippen LogP contribution in [0.5, 0.6) is 0 Å². The molecule has 1 aromatic carbocycles. The van der Waals surface area contributed by atoms with Crippen LogP contribution in [0.3, 0.4) is 0 Å². The summed E-state index contributed by atoms with van der Waals surface area (Å²) in [6, 6.07) is 11.0. The van der Waals surface area contributed by atoms with Crippen LogP contribution in [0.2, 0.25) is 0 Å². The van der Waals surface area contributed by atoms with Gasteiger partial charge in [-0.15, -0.1) is 0 Å². The quantitative estimate of drug-likeness (QED) is 0.696. The number of carbonyl (C=O) groups is 1. The number of hydrogen-bond acceptors (Lipinski definition) is 5. The summed E-state index contributed by atoms with van der Waals surface area (Å²) in [7, 11) is 0. The number of carbonyl (C=O) groups excluding carboxylic acids is 1. The Bertz CT molecular complexity index is 850. The van der Waals surface area contributed by atoms with Gasteiger partial charge in [-0.2, -0.15) is 0 Å². The molecule has 0 fully saturated rings. The fourth-order valence-corrected chi connectivity index (χ4v) is 2.40. The molecule has 0 spiro atoms. The van der Waals surface area contributed by atoms with E-state index in [2.05, 4.69) is 36.5 Å². The minimum absolute atomic E-state index is 0.283. The molecule has 7 heteroatoms. The van der Waals surface area contributed by atoms with Crippen molar-refractivity contribution in [3.05, 3.63) is 70.3 Å². The summed E-state index contributed by atoms with van der Waals surface area (Å²) >= 11 is 3.48. The van der Waals surface area contributed by atoms with Crippen molar-refractivity contribution in [3.63, 3.8) is 0 Å². The molecule has 0 aliphatic heterocycles. The van der Waals surface area contributed by atoms with Gasteiger partial charge in [-0.25, -0.2) is 9.97 Å². The molecule has 0 unspecified atom stereocenters. The summed E-state index contributed by atoms with van der Waals surface area (Å²) in [5.74, 6) is 0.749. The van der Waals surface area contributed by atoms with Gasteiger partial charge >= 0.3 is 0 Å². The lowest BCUT2D eigenvalue weighted by Gasteiger charge is -2.08. The number of furan rings is 1. The van der Waals surface area contributed by atoms with Gasteiger partial charge in [0.25, 0.3) is 5.91 Å². The first-order chi connectivity index (χ1) is 11.6. The fraction of sp³-hybridized carbons (Fsp3) is 0.118. The Labute approximate surface area is 147 Å². The average Bonchev–Trinajstić information content (AvgIpc) is 3.10. The van der Waals surface area contributed by atoms with Crippen molar-refractivity contribution < 1.29 is 9.21 Å². The molecule has 0 saturated carbocycles. The van der Waals surface area contributed by atoms with Crippen molar-refractivity contribution >= 4 is 33.5 Å². The maximum absolute atomic E-state index is 12.2. The number of aryl methyl sites for hydroxylation is 1. The normalized spacial score (nSPS) is 10.4. The zero-order valence-corrected chi connectivity index (χ0v) is 14.5. The van der Waals surface area contributed by atoms with Crippen LogP contribution in [-0.4, -0.2) is 15.9 Å². The number of halogens is 1. The molecular formula is C17H15BrN4O2. The van der Waals surface area contributed by atoms with Crippen molar-refractivity contribution in [2.75, 3.05) is 5.32 Å². The topological polar surface area (TPSA) is 80.0 Å². The summed E-state index contributed by atoms with van der Waals surface area (Å²) in [6.07, 6.45) is 3.11. The van der Waals surface area contributed by atoms with Crippen LogP contribution >= 0.6 is 15.9 Å². The third-order valence-electron chi connectivity index (χ3n) is 3.32. The maximum Gasteiger partial charge on any atom is 0.270 e. The van der Waals surface area contributed by atoms with Crippen LogP contribution < -0.4 is 10.6 Å². The summed E-state index contributed by atoms with van der Waals surface area (Å²) in [5.41, 5.74) is 2.25. The van der Waals surface area contributed by atoms with Gasteiger partial charge in [0.05, 0.1) is 12.8 Å². The monoisotopic (exact) mass is 386 g/mol. The molecule has 3 aromatic rings. The van der Waals surface area contributed by atoms with E-state index < -0.39 is 0 Å². The second kappa shape index (κ2) is 7.27. The predicted molar refractivity (Wildman–Crippen MR) is 94.1 cm³/mol. The zero-order valence-electron chi connectivity index (χ0n) is 12.9. The molecule has 3 rings (SSSR count). The van der Waals surface area contributed by atoms with Crippen LogP contribution in [0.1, 0.15) is 21.8 Å². The molecule has 0 saturated heterocycles.